The topological polar surface area (TPSA) is 143 Å². The Morgan fingerprint density at radius 3 is 2.67 bits per heavy atom. The molecule has 2 aliphatic heterocycles. The molecule has 2 aliphatic rings. The van der Waals surface area contributed by atoms with Crippen LogP contribution in [0.3, 0.4) is 0 Å². The van der Waals surface area contributed by atoms with E-state index in [1.165, 1.54) is 0 Å². The molecular formula is C9H10N2NaO8P. The fraction of sp³-hybridized carbons (Fsp3) is 0.556. The second-order valence-electron chi connectivity index (χ2n) is 4.35. The van der Waals surface area contributed by atoms with Crippen molar-refractivity contribution in [1.82, 2.24) is 9.55 Å². The van der Waals surface area contributed by atoms with E-state index in [4.69, 9.17) is 18.9 Å². The van der Waals surface area contributed by atoms with Gasteiger partial charge in [-0.3, -0.25) is 18.9 Å². The molecule has 0 saturated carbocycles. The average Bonchev–Trinajstić information content (AvgIpc) is 2.83. The number of phosphoric ester groups is 1. The smallest absolute Gasteiger partial charge is 0.756 e. The van der Waals surface area contributed by atoms with E-state index in [2.05, 4.69) is 0 Å². The summed E-state index contributed by atoms with van der Waals surface area (Å²) in [6, 6.07) is 1.08. The maximum Gasteiger partial charge on any atom is 1.00 e. The van der Waals surface area contributed by atoms with E-state index in [9.17, 15) is 19.0 Å². The van der Waals surface area contributed by atoms with Gasteiger partial charge >= 0.3 is 35.2 Å². The van der Waals surface area contributed by atoms with Gasteiger partial charge in [0.1, 0.15) is 18.3 Å². The molecule has 3 rings (SSSR count). The third-order valence-electron chi connectivity index (χ3n) is 3.09. The third kappa shape index (κ3) is 3.09. The molecule has 10 nitrogen and oxygen atoms in total. The molecule has 1 aromatic heterocycles. The number of hydrogen-bond donors (Lipinski definition) is 2. The molecule has 2 unspecified atom stereocenters. The van der Waals surface area contributed by atoms with E-state index >= 15 is 0 Å². The van der Waals surface area contributed by atoms with Gasteiger partial charge in [-0.25, -0.2) is 4.79 Å². The number of nitrogens with zero attached hydrogens (tertiary/aromatic N) is 1. The van der Waals surface area contributed by atoms with Gasteiger partial charge in [0.25, 0.3) is 13.4 Å². The van der Waals surface area contributed by atoms with E-state index in [-0.39, 0.29) is 29.6 Å². The zero-order valence-electron chi connectivity index (χ0n) is 10.9. The number of aliphatic hydroxyl groups is 1. The molecule has 21 heavy (non-hydrogen) atoms. The zero-order chi connectivity index (χ0) is 14.5. The summed E-state index contributed by atoms with van der Waals surface area (Å²) in [5.74, 6) is 0. The molecular weight excluding hydrogens is 318 g/mol. The standard InChI is InChI=1S/C9H11N2O8P.Na/c12-3-4-6-7(19-20(15,16)18-6)8(17-4)11-2-1-5(13)10-9(11)14;/h1-2,4,6-8,12H,3H2,(H,15,16)(H,10,13,14);/q;+1/p-1/t4-,6+,7?,8-;/m1./s1. The number of fused-ring (bicyclic) bond motifs is 1. The molecule has 2 saturated heterocycles. The summed E-state index contributed by atoms with van der Waals surface area (Å²) < 4.78 is 27.1. The SMILES string of the molecule is O=c1ccn([C@@H]2O[C@H](CO)[C@@H]3OP(=O)([O-])OC32)c(=O)[nH]1.[Na+]. The van der Waals surface area contributed by atoms with Crippen LogP contribution in [0.5, 0.6) is 0 Å². The fourth-order valence-corrected chi connectivity index (χ4v) is 3.39. The van der Waals surface area contributed by atoms with Crippen molar-refractivity contribution in [2.75, 3.05) is 6.61 Å². The summed E-state index contributed by atoms with van der Waals surface area (Å²) >= 11 is 0. The Hall–Kier alpha value is -0.290. The van der Waals surface area contributed by atoms with Crippen LogP contribution in [0.25, 0.3) is 0 Å². The minimum atomic E-state index is -4.48. The Balaban J connectivity index is 0.00000161. The minimum absolute atomic E-state index is 0. The van der Waals surface area contributed by atoms with Crippen molar-refractivity contribution in [2.45, 2.75) is 24.5 Å². The molecule has 0 spiro atoms. The molecule has 0 radical (unpaired) electrons. The number of aromatic amines is 1. The number of nitrogens with one attached hydrogen (secondary N) is 1. The van der Waals surface area contributed by atoms with Gasteiger partial charge in [-0.05, 0) is 0 Å². The number of rotatable bonds is 2. The molecule has 110 valence electrons. The van der Waals surface area contributed by atoms with Crippen molar-refractivity contribution >= 4 is 7.82 Å². The van der Waals surface area contributed by atoms with E-state index < -0.39 is 50.2 Å². The van der Waals surface area contributed by atoms with Gasteiger partial charge in [-0.1, -0.05) is 0 Å². The first-order valence-electron chi connectivity index (χ1n) is 5.67. The molecule has 0 bridgehead atoms. The maximum absolute atomic E-state index is 11.7. The summed E-state index contributed by atoms with van der Waals surface area (Å²) in [7, 11) is -4.48. The zero-order valence-corrected chi connectivity index (χ0v) is 13.8. The van der Waals surface area contributed by atoms with Crippen molar-refractivity contribution in [3.05, 3.63) is 33.1 Å². The van der Waals surface area contributed by atoms with Gasteiger partial charge in [0, 0.05) is 12.3 Å². The first-order chi connectivity index (χ1) is 9.41. The van der Waals surface area contributed by atoms with E-state index in [1.54, 1.807) is 0 Å². The number of phosphoric acid groups is 1. The van der Waals surface area contributed by atoms with Gasteiger partial charge < -0.3 is 23.8 Å². The average molecular weight is 328 g/mol. The van der Waals surface area contributed by atoms with E-state index in [0.717, 1.165) is 16.8 Å². The Labute approximate surface area is 139 Å². The number of H-pyrrole nitrogens is 1. The summed E-state index contributed by atoms with van der Waals surface area (Å²) in [4.78, 5) is 36.0. The van der Waals surface area contributed by atoms with Crippen LogP contribution in [0, 0.1) is 0 Å². The molecule has 2 fully saturated rings. The molecule has 0 aromatic carbocycles. The Morgan fingerprint density at radius 1 is 1.38 bits per heavy atom. The van der Waals surface area contributed by atoms with E-state index in [1.807, 2.05) is 4.98 Å². The van der Waals surface area contributed by atoms with Gasteiger partial charge in [0.15, 0.2) is 6.23 Å². The first-order valence-corrected chi connectivity index (χ1v) is 7.13. The predicted octanol–water partition coefficient (Wildman–Crippen LogP) is -5.32. The second kappa shape index (κ2) is 6.07. The third-order valence-corrected chi connectivity index (χ3v) is 4.10. The minimum Gasteiger partial charge on any atom is -0.756 e. The molecule has 5 atom stereocenters. The molecule has 0 amide bonds. The molecule has 1 aromatic rings. The van der Waals surface area contributed by atoms with Crippen molar-refractivity contribution in [3.63, 3.8) is 0 Å². The van der Waals surface area contributed by atoms with Crippen LogP contribution in [-0.4, -0.2) is 39.6 Å². The molecule has 12 heteroatoms. The monoisotopic (exact) mass is 328 g/mol. The number of hydrogen-bond acceptors (Lipinski definition) is 8. The van der Waals surface area contributed by atoms with Crippen LogP contribution in [0.1, 0.15) is 6.23 Å². The van der Waals surface area contributed by atoms with Crippen molar-refractivity contribution in [2.24, 2.45) is 0 Å². The summed E-state index contributed by atoms with van der Waals surface area (Å²) in [6.07, 6.45) is -3.05. The van der Waals surface area contributed by atoms with Gasteiger partial charge in [-0.2, -0.15) is 0 Å². The van der Waals surface area contributed by atoms with Gasteiger partial charge in [-0.15, -0.1) is 0 Å². The van der Waals surface area contributed by atoms with Crippen LogP contribution in [0.15, 0.2) is 21.9 Å². The summed E-state index contributed by atoms with van der Waals surface area (Å²) in [6.45, 7) is -0.501. The number of ether oxygens (including phenoxy) is 1. The van der Waals surface area contributed by atoms with Crippen LogP contribution in [0.2, 0.25) is 0 Å². The Kier molecular flexibility index (Phi) is 4.94. The van der Waals surface area contributed by atoms with Crippen molar-refractivity contribution < 1.29 is 57.9 Å². The van der Waals surface area contributed by atoms with Gasteiger partial charge in [0.05, 0.1) is 6.61 Å². The number of aromatic nitrogens is 2. The second-order valence-corrected chi connectivity index (χ2v) is 5.67. The van der Waals surface area contributed by atoms with Crippen LogP contribution in [0.4, 0.5) is 0 Å². The van der Waals surface area contributed by atoms with Crippen LogP contribution in [-0.2, 0) is 18.3 Å². The van der Waals surface area contributed by atoms with Crippen molar-refractivity contribution in [1.29, 1.82) is 0 Å². The molecule has 3 heterocycles. The largest absolute Gasteiger partial charge is 1.00 e. The normalized spacial score (nSPS) is 38.0. The summed E-state index contributed by atoms with van der Waals surface area (Å²) in [5.41, 5.74) is -1.38. The number of aliphatic hydroxyl groups excluding tert-OH is 1. The fourth-order valence-electron chi connectivity index (χ4n) is 2.27. The van der Waals surface area contributed by atoms with Crippen LogP contribution < -0.4 is 45.7 Å². The Bertz CT molecular complexity index is 689. The molecule has 0 aliphatic carbocycles. The van der Waals surface area contributed by atoms with Crippen LogP contribution >= 0.6 is 7.82 Å². The van der Waals surface area contributed by atoms with E-state index in [0.29, 0.717) is 0 Å². The quantitative estimate of drug-likeness (QED) is 0.405. The van der Waals surface area contributed by atoms with Crippen molar-refractivity contribution in [3.8, 4) is 0 Å². The summed E-state index contributed by atoms with van der Waals surface area (Å²) in [5, 5.41) is 9.16. The Morgan fingerprint density at radius 2 is 2.05 bits per heavy atom. The van der Waals surface area contributed by atoms with Gasteiger partial charge in [0.2, 0.25) is 0 Å². The predicted molar refractivity (Wildman–Crippen MR) is 59.7 cm³/mol. The first kappa shape index (κ1) is 17.1. The maximum atomic E-state index is 11.7. The molecule has 2 N–H and O–H groups in total.